The predicted molar refractivity (Wildman–Crippen MR) is 94.1 cm³/mol. The number of nitrogens with zero attached hydrogens (tertiary/aromatic N) is 2. The zero-order chi connectivity index (χ0) is 17.5. The van der Waals surface area contributed by atoms with Crippen LogP contribution in [0.2, 0.25) is 0 Å². The van der Waals surface area contributed by atoms with Gasteiger partial charge in [0.1, 0.15) is 0 Å². The van der Waals surface area contributed by atoms with Crippen molar-refractivity contribution >= 4 is 16.7 Å². The van der Waals surface area contributed by atoms with E-state index in [-0.39, 0.29) is 29.7 Å². The van der Waals surface area contributed by atoms with Gasteiger partial charge in [0.25, 0.3) is 11.5 Å². The van der Waals surface area contributed by atoms with E-state index >= 15 is 0 Å². The molecule has 1 unspecified atom stereocenters. The Kier molecular flexibility index (Phi) is 6.49. The first-order valence-corrected chi connectivity index (χ1v) is 8.47. The molecule has 0 saturated heterocycles. The van der Waals surface area contributed by atoms with E-state index in [2.05, 4.69) is 17.3 Å². The van der Waals surface area contributed by atoms with Crippen molar-refractivity contribution in [2.24, 2.45) is 5.92 Å². The third kappa shape index (κ3) is 4.20. The van der Waals surface area contributed by atoms with Crippen molar-refractivity contribution in [2.45, 2.75) is 39.7 Å². The first-order valence-electron chi connectivity index (χ1n) is 8.47. The molecule has 0 saturated carbocycles. The van der Waals surface area contributed by atoms with Crippen LogP contribution in [0, 0.1) is 5.92 Å². The topological polar surface area (TPSA) is 84.2 Å². The minimum absolute atomic E-state index is 0.00493. The Balaban J connectivity index is 2.38. The second kappa shape index (κ2) is 8.59. The number of carbonyl (C=O) groups excluding carboxylic acids is 1. The number of hydrogen-bond acceptors (Lipinski definition) is 4. The number of aromatic nitrogens is 2. The quantitative estimate of drug-likeness (QED) is 0.724. The Morgan fingerprint density at radius 2 is 2.00 bits per heavy atom. The fraction of sp³-hybridized carbons (Fsp3) is 0.500. The molecule has 24 heavy (non-hydrogen) atoms. The Bertz CT molecular complexity index is 755. The number of hydrogen-bond donors (Lipinski definition) is 2. The average Bonchev–Trinajstić information content (AvgIpc) is 2.61. The molecule has 1 amide bonds. The van der Waals surface area contributed by atoms with Gasteiger partial charge in [-0.3, -0.25) is 9.59 Å². The largest absolute Gasteiger partial charge is 0.396 e. The molecule has 2 aromatic rings. The van der Waals surface area contributed by atoms with E-state index in [0.29, 0.717) is 23.9 Å². The molecule has 0 aliphatic rings. The van der Waals surface area contributed by atoms with E-state index in [1.54, 1.807) is 24.3 Å². The molecular weight excluding hydrogens is 306 g/mol. The first kappa shape index (κ1) is 18.1. The second-order valence-corrected chi connectivity index (χ2v) is 6.13. The molecular formula is C18H25N3O3. The minimum Gasteiger partial charge on any atom is -0.396 e. The predicted octanol–water partition coefficient (Wildman–Crippen LogP) is 1.94. The number of benzene rings is 1. The smallest absolute Gasteiger partial charge is 0.274 e. The van der Waals surface area contributed by atoms with Gasteiger partial charge in [-0.2, -0.15) is 5.10 Å². The van der Waals surface area contributed by atoms with Crippen molar-refractivity contribution in [3.05, 3.63) is 40.3 Å². The molecule has 0 fully saturated rings. The molecule has 1 heterocycles. The second-order valence-electron chi connectivity index (χ2n) is 6.13. The van der Waals surface area contributed by atoms with Crippen molar-refractivity contribution < 1.29 is 9.90 Å². The summed E-state index contributed by atoms with van der Waals surface area (Å²) in [7, 11) is 0. The van der Waals surface area contributed by atoms with Crippen molar-refractivity contribution in [3.63, 3.8) is 0 Å². The number of aliphatic hydroxyl groups is 1. The summed E-state index contributed by atoms with van der Waals surface area (Å²) < 4.78 is 1.39. The Morgan fingerprint density at radius 1 is 1.29 bits per heavy atom. The van der Waals surface area contributed by atoms with E-state index in [1.165, 1.54) is 4.68 Å². The molecule has 1 atom stereocenters. The standard InChI is InChI=1S/C18H25N3O3/c1-3-4-7-10-21-18(24)15-9-6-5-8-14(15)16(20-21)17(23)19-11-13(2)12-22/h5-6,8-9,13,22H,3-4,7,10-12H2,1-2H3,(H,19,23). The van der Waals surface area contributed by atoms with Crippen molar-refractivity contribution in [1.29, 1.82) is 0 Å². The van der Waals surface area contributed by atoms with Crippen LogP contribution in [-0.4, -0.2) is 33.9 Å². The third-order valence-corrected chi connectivity index (χ3v) is 3.98. The van der Waals surface area contributed by atoms with Gasteiger partial charge in [-0.25, -0.2) is 4.68 Å². The van der Waals surface area contributed by atoms with Crippen molar-refractivity contribution in [2.75, 3.05) is 13.2 Å². The molecule has 1 aromatic heterocycles. The number of carbonyl (C=O) groups is 1. The maximum absolute atomic E-state index is 12.5. The van der Waals surface area contributed by atoms with Crippen molar-refractivity contribution in [1.82, 2.24) is 15.1 Å². The van der Waals surface area contributed by atoms with Gasteiger partial charge >= 0.3 is 0 Å². The summed E-state index contributed by atoms with van der Waals surface area (Å²) in [4.78, 5) is 25.0. The number of fused-ring (bicyclic) bond motifs is 1. The first-order chi connectivity index (χ1) is 11.6. The van der Waals surface area contributed by atoms with Crippen LogP contribution in [-0.2, 0) is 6.54 Å². The van der Waals surface area contributed by atoms with Gasteiger partial charge in [0.05, 0.1) is 5.39 Å². The number of aliphatic hydroxyl groups excluding tert-OH is 1. The summed E-state index contributed by atoms with van der Waals surface area (Å²) in [5, 5.41) is 17.2. The van der Waals surface area contributed by atoms with Gasteiger partial charge in [0.15, 0.2) is 5.69 Å². The van der Waals surface area contributed by atoms with Crippen LogP contribution in [0.25, 0.3) is 10.8 Å². The molecule has 0 radical (unpaired) electrons. The van der Waals surface area contributed by atoms with E-state index < -0.39 is 0 Å². The fourth-order valence-corrected chi connectivity index (χ4v) is 2.48. The van der Waals surface area contributed by atoms with Gasteiger partial charge in [-0.15, -0.1) is 0 Å². The summed E-state index contributed by atoms with van der Waals surface area (Å²) in [6.07, 6.45) is 2.91. The van der Waals surface area contributed by atoms with Gasteiger partial charge in [0.2, 0.25) is 0 Å². The van der Waals surface area contributed by atoms with Crippen LogP contribution in [0.3, 0.4) is 0 Å². The van der Waals surface area contributed by atoms with Gasteiger partial charge < -0.3 is 10.4 Å². The van der Waals surface area contributed by atoms with Gasteiger partial charge in [0, 0.05) is 25.1 Å². The van der Waals surface area contributed by atoms with E-state index in [0.717, 1.165) is 19.3 Å². The molecule has 0 aliphatic carbocycles. The summed E-state index contributed by atoms with van der Waals surface area (Å²) in [5.41, 5.74) is 0.0915. The molecule has 0 spiro atoms. The van der Waals surface area contributed by atoms with E-state index in [1.807, 2.05) is 6.92 Å². The molecule has 130 valence electrons. The summed E-state index contributed by atoms with van der Waals surface area (Å²) in [6, 6.07) is 7.04. The van der Waals surface area contributed by atoms with Crippen LogP contribution in [0.4, 0.5) is 0 Å². The summed E-state index contributed by atoms with van der Waals surface area (Å²) in [6.45, 7) is 4.81. The molecule has 0 aliphatic heterocycles. The number of aryl methyl sites for hydroxylation is 1. The number of amides is 1. The maximum Gasteiger partial charge on any atom is 0.274 e. The van der Waals surface area contributed by atoms with E-state index in [9.17, 15) is 9.59 Å². The summed E-state index contributed by atoms with van der Waals surface area (Å²) in [5.74, 6) is -0.355. The van der Waals surface area contributed by atoms with Crippen LogP contribution >= 0.6 is 0 Å². The normalized spacial score (nSPS) is 12.3. The Labute approximate surface area is 141 Å². The monoisotopic (exact) mass is 331 g/mol. The lowest BCUT2D eigenvalue weighted by molar-refractivity contribution is 0.0936. The average molecular weight is 331 g/mol. The Hall–Kier alpha value is -2.21. The highest BCUT2D eigenvalue weighted by Crippen LogP contribution is 2.13. The molecule has 6 nitrogen and oxygen atoms in total. The fourth-order valence-electron chi connectivity index (χ4n) is 2.48. The van der Waals surface area contributed by atoms with Gasteiger partial charge in [-0.1, -0.05) is 44.9 Å². The zero-order valence-corrected chi connectivity index (χ0v) is 14.3. The van der Waals surface area contributed by atoms with Crippen molar-refractivity contribution in [3.8, 4) is 0 Å². The molecule has 6 heteroatoms. The lowest BCUT2D eigenvalue weighted by Crippen LogP contribution is -2.33. The summed E-state index contributed by atoms with van der Waals surface area (Å²) >= 11 is 0. The van der Waals surface area contributed by atoms with Crippen LogP contribution in [0.15, 0.2) is 29.1 Å². The molecule has 2 rings (SSSR count). The molecule has 1 aromatic carbocycles. The molecule has 2 N–H and O–H groups in total. The maximum atomic E-state index is 12.5. The third-order valence-electron chi connectivity index (χ3n) is 3.98. The molecule has 0 bridgehead atoms. The number of rotatable bonds is 8. The highest BCUT2D eigenvalue weighted by Gasteiger charge is 2.16. The highest BCUT2D eigenvalue weighted by atomic mass is 16.3. The highest BCUT2D eigenvalue weighted by molar-refractivity contribution is 6.04. The number of nitrogens with one attached hydrogen (secondary N) is 1. The lowest BCUT2D eigenvalue weighted by Gasteiger charge is -2.13. The van der Waals surface area contributed by atoms with Gasteiger partial charge in [-0.05, 0) is 18.4 Å². The van der Waals surface area contributed by atoms with Crippen LogP contribution in [0.1, 0.15) is 43.6 Å². The zero-order valence-electron chi connectivity index (χ0n) is 14.3. The van der Waals surface area contributed by atoms with Crippen LogP contribution in [0.5, 0.6) is 0 Å². The van der Waals surface area contributed by atoms with Crippen LogP contribution < -0.4 is 10.9 Å². The Morgan fingerprint density at radius 3 is 2.67 bits per heavy atom. The minimum atomic E-state index is -0.323. The number of unbranched alkanes of at least 4 members (excludes halogenated alkanes) is 2. The van der Waals surface area contributed by atoms with E-state index in [4.69, 9.17) is 5.11 Å². The SMILES string of the molecule is CCCCCn1nc(C(=O)NCC(C)CO)c2ccccc2c1=O. The lowest BCUT2D eigenvalue weighted by atomic mass is 10.1.